The van der Waals surface area contributed by atoms with Gasteiger partial charge in [0.25, 0.3) is 0 Å². The molecular weight excluding hydrogens is 270 g/mol. The van der Waals surface area contributed by atoms with Crippen molar-refractivity contribution in [2.24, 2.45) is 5.41 Å². The van der Waals surface area contributed by atoms with E-state index in [2.05, 4.69) is 12.2 Å². The van der Waals surface area contributed by atoms with Crippen LogP contribution in [0.2, 0.25) is 0 Å². The molecule has 116 valence electrons. The molecule has 0 radical (unpaired) electrons. The van der Waals surface area contributed by atoms with Gasteiger partial charge in [0, 0.05) is 26.3 Å². The highest BCUT2D eigenvalue weighted by molar-refractivity contribution is 5.87. The lowest BCUT2D eigenvalue weighted by molar-refractivity contribution is 0.0239. The van der Waals surface area contributed by atoms with E-state index in [9.17, 15) is 4.79 Å². The van der Waals surface area contributed by atoms with Crippen molar-refractivity contribution in [3.63, 3.8) is 0 Å². The van der Waals surface area contributed by atoms with Gasteiger partial charge in [0.1, 0.15) is 12.4 Å². The molecule has 0 aromatic heterocycles. The van der Waals surface area contributed by atoms with Gasteiger partial charge in [0.05, 0.1) is 5.56 Å². The van der Waals surface area contributed by atoms with E-state index in [1.807, 2.05) is 0 Å². The Balaban J connectivity index is 1.67. The molecule has 2 N–H and O–H groups in total. The summed E-state index contributed by atoms with van der Waals surface area (Å²) >= 11 is 0. The van der Waals surface area contributed by atoms with Gasteiger partial charge >= 0.3 is 5.97 Å². The number of hydrogen-bond acceptors (Lipinski definition) is 4. The highest BCUT2D eigenvalue weighted by Crippen LogP contribution is 2.28. The zero-order valence-corrected chi connectivity index (χ0v) is 12.4. The Hall–Kier alpha value is -1.59. The summed E-state index contributed by atoms with van der Waals surface area (Å²) in [5, 5.41) is 12.3. The first-order valence-corrected chi connectivity index (χ1v) is 7.34. The highest BCUT2D eigenvalue weighted by atomic mass is 16.5. The lowest BCUT2D eigenvalue weighted by Crippen LogP contribution is -2.38. The van der Waals surface area contributed by atoms with Crippen LogP contribution in [0, 0.1) is 5.41 Å². The summed E-state index contributed by atoms with van der Waals surface area (Å²) in [4.78, 5) is 10.9. The number of ether oxygens (including phenoxy) is 2. The van der Waals surface area contributed by atoms with Gasteiger partial charge in [-0.2, -0.15) is 0 Å². The van der Waals surface area contributed by atoms with Crippen LogP contribution in [-0.2, 0) is 4.74 Å². The number of aromatic carboxylic acids is 1. The third-order valence-electron chi connectivity index (χ3n) is 3.88. The molecule has 0 bridgehead atoms. The van der Waals surface area contributed by atoms with Crippen LogP contribution in [0.1, 0.15) is 30.1 Å². The number of benzene rings is 1. The maximum Gasteiger partial charge on any atom is 0.335 e. The molecule has 1 aliphatic rings. The largest absolute Gasteiger partial charge is 0.492 e. The van der Waals surface area contributed by atoms with Crippen LogP contribution in [0.5, 0.6) is 5.75 Å². The molecule has 1 aromatic rings. The predicted molar refractivity (Wildman–Crippen MR) is 79.9 cm³/mol. The van der Waals surface area contributed by atoms with Crippen LogP contribution < -0.4 is 10.1 Å². The molecule has 0 aliphatic carbocycles. The number of nitrogens with one attached hydrogen (secondary N) is 1. The normalized spacial score (nSPS) is 17.4. The predicted octanol–water partition coefficient (Wildman–Crippen LogP) is 2.17. The Morgan fingerprint density at radius 3 is 2.90 bits per heavy atom. The van der Waals surface area contributed by atoms with Gasteiger partial charge in [0.15, 0.2) is 0 Å². The molecule has 5 heteroatoms. The van der Waals surface area contributed by atoms with Crippen molar-refractivity contribution >= 4 is 5.97 Å². The second-order valence-corrected chi connectivity index (χ2v) is 5.78. The van der Waals surface area contributed by atoms with E-state index in [1.165, 1.54) is 0 Å². The molecule has 0 unspecified atom stereocenters. The summed E-state index contributed by atoms with van der Waals surface area (Å²) in [6, 6.07) is 6.56. The summed E-state index contributed by atoms with van der Waals surface area (Å²) in [5.74, 6) is -0.347. The molecule has 5 nitrogen and oxygen atoms in total. The fourth-order valence-electron chi connectivity index (χ4n) is 2.39. The number of carboxylic acids is 1. The monoisotopic (exact) mass is 293 g/mol. The Bertz CT molecular complexity index is 469. The van der Waals surface area contributed by atoms with Crippen molar-refractivity contribution < 1.29 is 19.4 Å². The van der Waals surface area contributed by atoms with Crippen LogP contribution >= 0.6 is 0 Å². The van der Waals surface area contributed by atoms with Crippen molar-refractivity contribution in [3.8, 4) is 5.75 Å². The molecule has 2 rings (SSSR count). The van der Waals surface area contributed by atoms with E-state index in [0.29, 0.717) is 17.8 Å². The number of carboxylic acid groups (broad SMARTS) is 1. The Morgan fingerprint density at radius 2 is 2.19 bits per heavy atom. The molecule has 1 aliphatic heterocycles. The molecule has 21 heavy (non-hydrogen) atoms. The molecule has 0 amide bonds. The first-order chi connectivity index (χ1) is 10.1. The topological polar surface area (TPSA) is 67.8 Å². The van der Waals surface area contributed by atoms with E-state index in [-0.39, 0.29) is 5.56 Å². The van der Waals surface area contributed by atoms with E-state index in [4.69, 9.17) is 14.6 Å². The Labute approximate surface area is 125 Å². The lowest BCUT2D eigenvalue weighted by Gasteiger charge is -2.33. The maximum atomic E-state index is 10.9. The fourth-order valence-corrected chi connectivity index (χ4v) is 2.39. The summed E-state index contributed by atoms with van der Waals surface area (Å²) in [7, 11) is 0. The van der Waals surface area contributed by atoms with Crippen molar-refractivity contribution in [2.45, 2.75) is 19.8 Å². The molecule has 0 saturated carbocycles. The molecule has 1 fully saturated rings. The fraction of sp³-hybridized carbons (Fsp3) is 0.562. The first kappa shape index (κ1) is 15.8. The van der Waals surface area contributed by atoms with Crippen LogP contribution in [0.4, 0.5) is 0 Å². The first-order valence-electron chi connectivity index (χ1n) is 7.34. The minimum Gasteiger partial charge on any atom is -0.492 e. The van der Waals surface area contributed by atoms with E-state index < -0.39 is 5.97 Å². The van der Waals surface area contributed by atoms with Crippen LogP contribution in [0.25, 0.3) is 0 Å². The second-order valence-electron chi connectivity index (χ2n) is 5.78. The standard InChI is InChI=1S/C16H23NO4/c1-16(5-8-20-9-6-16)12-17-7-10-21-14-4-2-3-13(11-14)15(18)19/h2-4,11,17H,5-10,12H2,1H3,(H,18,19). The quantitative estimate of drug-likeness (QED) is 0.754. The van der Waals surface area contributed by atoms with E-state index in [1.54, 1.807) is 24.3 Å². The molecule has 0 spiro atoms. The highest BCUT2D eigenvalue weighted by Gasteiger charge is 2.26. The summed E-state index contributed by atoms with van der Waals surface area (Å²) in [6.45, 7) is 6.19. The zero-order chi connectivity index (χ0) is 15.1. The van der Waals surface area contributed by atoms with Crippen molar-refractivity contribution in [2.75, 3.05) is 32.9 Å². The minimum atomic E-state index is -0.939. The van der Waals surface area contributed by atoms with Crippen LogP contribution in [0.3, 0.4) is 0 Å². The third-order valence-corrected chi connectivity index (χ3v) is 3.88. The van der Waals surface area contributed by atoms with Gasteiger partial charge in [-0.15, -0.1) is 0 Å². The summed E-state index contributed by atoms with van der Waals surface area (Å²) in [6.07, 6.45) is 2.17. The minimum absolute atomic E-state index is 0.246. The zero-order valence-electron chi connectivity index (χ0n) is 12.4. The van der Waals surface area contributed by atoms with Crippen LogP contribution in [-0.4, -0.2) is 44.0 Å². The van der Waals surface area contributed by atoms with Crippen molar-refractivity contribution in [1.82, 2.24) is 5.32 Å². The average Bonchev–Trinajstić information content (AvgIpc) is 2.48. The SMILES string of the molecule is CC1(CNCCOc2cccc(C(=O)O)c2)CCOCC1. The Kier molecular flexibility index (Phi) is 5.59. The lowest BCUT2D eigenvalue weighted by atomic mass is 9.82. The number of carbonyl (C=O) groups is 1. The van der Waals surface area contributed by atoms with Crippen molar-refractivity contribution in [3.05, 3.63) is 29.8 Å². The Morgan fingerprint density at radius 1 is 1.43 bits per heavy atom. The number of rotatable bonds is 7. The third kappa shape index (κ3) is 5.02. The molecule has 1 saturated heterocycles. The molecule has 1 aromatic carbocycles. The number of hydrogen-bond donors (Lipinski definition) is 2. The smallest absolute Gasteiger partial charge is 0.335 e. The van der Waals surface area contributed by atoms with E-state index in [0.717, 1.165) is 39.1 Å². The summed E-state index contributed by atoms with van der Waals surface area (Å²) in [5.41, 5.74) is 0.553. The van der Waals surface area contributed by atoms with Crippen LogP contribution in [0.15, 0.2) is 24.3 Å². The van der Waals surface area contributed by atoms with Gasteiger partial charge in [-0.1, -0.05) is 13.0 Å². The molecule has 0 atom stereocenters. The average molecular weight is 293 g/mol. The van der Waals surface area contributed by atoms with E-state index >= 15 is 0 Å². The summed E-state index contributed by atoms with van der Waals surface area (Å²) < 4.78 is 10.9. The van der Waals surface area contributed by atoms with Gasteiger partial charge in [0.2, 0.25) is 0 Å². The molecular formula is C16H23NO4. The van der Waals surface area contributed by atoms with Crippen molar-refractivity contribution in [1.29, 1.82) is 0 Å². The van der Waals surface area contributed by atoms with Gasteiger partial charge < -0.3 is 19.9 Å². The van der Waals surface area contributed by atoms with Gasteiger partial charge in [-0.05, 0) is 36.5 Å². The molecule has 1 heterocycles. The van der Waals surface area contributed by atoms with Gasteiger partial charge in [-0.25, -0.2) is 4.79 Å². The second kappa shape index (κ2) is 7.43. The van der Waals surface area contributed by atoms with Gasteiger partial charge in [-0.3, -0.25) is 0 Å². The maximum absolute atomic E-state index is 10.9.